The first-order valence-corrected chi connectivity index (χ1v) is 7.04. The van der Waals surface area contributed by atoms with Crippen LogP contribution in [0.5, 0.6) is 5.75 Å². The van der Waals surface area contributed by atoms with Crippen molar-refractivity contribution in [2.24, 2.45) is 12.5 Å². The van der Waals surface area contributed by atoms with Crippen molar-refractivity contribution in [3.05, 3.63) is 12.4 Å². The lowest BCUT2D eigenvalue weighted by Crippen LogP contribution is -2.59. The molecule has 4 nitrogen and oxygen atoms in total. The molecule has 2 aliphatic rings. The van der Waals surface area contributed by atoms with Gasteiger partial charge >= 0.3 is 0 Å². The zero-order valence-corrected chi connectivity index (χ0v) is 11.0. The van der Waals surface area contributed by atoms with Crippen LogP contribution in [-0.2, 0) is 7.05 Å². The predicted octanol–water partition coefficient (Wildman–Crippen LogP) is 2.27. The molecule has 1 spiro atoms. The number of hydrogen-bond acceptors (Lipinski definition) is 3. The quantitative estimate of drug-likeness (QED) is 0.876. The van der Waals surface area contributed by atoms with E-state index in [1.165, 1.54) is 25.7 Å². The normalized spacial score (nSPS) is 30.8. The first kappa shape index (κ1) is 12.0. The monoisotopic (exact) mass is 250 g/mol. The van der Waals surface area contributed by atoms with Gasteiger partial charge in [0.05, 0.1) is 18.5 Å². The highest BCUT2D eigenvalue weighted by atomic mass is 16.5. The van der Waals surface area contributed by atoms with Crippen molar-refractivity contribution in [3.63, 3.8) is 0 Å². The molecular weight excluding hydrogens is 228 g/mol. The second-order valence-electron chi connectivity index (χ2n) is 5.86. The molecule has 0 amide bonds. The maximum atomic E-state index is 10.2. The summed E-state index contributed by atoms with van der Waals surface area (Å²) < 4.78 is 7.80. The molecular formula is C14H22N2O2. The summed E-state index contributed by atoms with van der Waals surface area (Å²) in [6.45, 7) is 0. The van der Waals surface area contributed by atoms with Gasteiger partial charge in [0.25, 0.3) is 0 Å². The molecule has 3 rings (SSSR count). The van der Waals surface area contributed by atoms with Crippen LogP contribution in [0.3, 0.4) is 0 Å². The number of aliphatic hydroxyl groups is 1. The fraction of sp³-hybridized carbons (Fsp3) is 0.786. The van der Waals surface area contributed by atoms with E-state index in [4.69, 9.17) is 4.74 Å². The van der Waals surface area contributed by atoms with Crippen LogP contribution >= 0.6 is 0 Å². The van der Waals surface area contributed by atoms with Crippen molar-refractivity contribution in [2.75, 3.05) is 0 Å². The lowest BCUT2D eigenvalue weighted by molar-refractivity contribution is -0.163. The fourth-order valence-electron chi connectivity index (χ4n) is 3.56. The number of aromatic nitrogens is 2. The van der Waals surface area contributed by atoms with Crippen LogP contribution in [0.4, 0.5) is 0 Å². The summed E-state index contributed by atoms with van der Waals surface area (Å²) in [5.41, 5.74) is 0.0202. The summed E-state index contributed by atoms with van der Waals surface area (Å²) in [5.74, 6) is 0.832. The minimum absolute atomic E-state index is 0.0202. The molecule has 2 aliphatic carbocycles. The highest BCUT2D eigenvalue weighted by molar-refractivity contribution is 5.15. The third-order valence-electron chi connectivity index (χ3n) is 4.74. The number of hydrogen-bond donors (Lipinski definition) is 1. The Morgan fingerprint density at radius 1 is 1.33 bits per heavy atom. The standard InChI is InChI=1S/C14H22N2O2/c1-16-10-11(9-15-16)18-13-8-12(17)14(13)6-4-2-3-5-7-14/h9-10,12-13,17H,2-8H2,1H3. The smallest absolute Gasteiger partial charge is 0.157 e. The Hall–Kier alpha value is -1.03. The van der Waals surface area contributed by atoms with Crippen LogP contribution in [0, 0.1) is 5.41 Å². The molecule has 2 atom stereocenters. The molecule has 18 heavy (non-hydrogen) atoms. The molecule has 2 unspecified atom stereocenters. The van der Waals surface area contributed by atoms with Crippen molar-refractivity contribution < 1.29 is 9.84 Å². The Morgan fingerprint density at radius 2 is 2.06 bits per heavy atom. The van der Waals surface area contributed by atoms with Crippen LogP contribution in [-0.4, -0.2) is 27.1 Å². The maximum Gasteiger partial charge on any atom is 0.157 e. The fourth-order valence-corrected chi connectivity index (χ4v) is 3.56. The zero-order chi connectivity index (χ0) is 12.6. The van der Waals surface area contributed by atoms with Gasteiger partial charge in [-0.1, -0.05) is 25.7 Å². The molecule has 0 radical (unpaired) electrons. The van der Waals surface area contributed by atoms with Crippen LogP contribution in [0.1, 0.15) is 44.9 Å². The largest absolute Gasteiger partial charge is 0.486 e. The third-order valence-corrected chi connectivity index (χ3v) is 4.74. The molecule has 4 heteroatoms. The average Bonchev–Trinajstić information content (AvgIpc) is 2.64. The Balaban J connectivity index is 1.72. The van der Waals surface area contributed by atoms with E-state index in [1.54, 1.807) is 10.9 Å². The van der Waals surface area contributed by atoms with Crippen LogP contribution < -0.4 is 4.74 Å². The van der Waals surface area contributed by atoms with Crippen molar-refractivity contribution in [1.29, 1.82) is 0 Å². The van der Waals surface area contributed by atoms with E-state index in [2.05, 4.69) is 5.10 Å². The Bertz CT molecular complexity index is 408. The first-order chi connectivity index (χ1) is 8.71. The molecule has 1 N–H and O–H groups in total. The van der Waals surface area contributed by atoms with Gasteiger partial charge in [-0.3, -0.25) is 4.68 Å². The van der Waals surface area contributed by atoms with Crippen LogP contribution in [0.15, 0.2) is 12.4 Å². The highest BCUT2D eigenvalue weighted by Gasteiger charge is 2.55. The van der Waals surface area contributed by atoms with Crippen LogP contribution in [0.25, 0.3) is 0 Å². The van der Waals surface area contributed by atoms with Crippen molar-refractivity contribution in [1.82, 2.24) is 9.78 Å². The molecule has 2 saturated carbocycles. The molecule has 100 valence electrons. The Labute approximate surface area is 108 Å². The van der Waals surface area contributed by atoms with Gasteiger partial charge < -0.3 is 9.84 Å². The molecule has 1 aromatic heterocycles. The summed E-state index contributed by atoms with van der Waals surface area (Å²) in [6, 6.07) is 0. The highest BCUT2D eigenvalue weighted by Crippen LogP contribution is 2.52. The van der Waals surface area contributed by atoms with Gasteiger partial charge in [-0.05, 0) is 12.8 Å². The molecule has 1 aromatic rings. The lowest BCUT2D eigenvalue weighted by Gasteiger charge is -2.52. The molecule has 0 bridgehead atoms. The molecule has 1 heterocycles. The van der Waals surface area contributed by atoms with Gasteiger partial charge in [-0.25, -0.2) is 0 Å². The lowest BCUT2D eigenvalue weighted by atomic mass is 9.59. The Morgan fingerprint density at radius 3 is 2.61 bits per heavy atom. The van der Waals surface area contributed by atoms with Gasteiger partial charge in [-0.15, -0.1) is 0 Å². The molecule has 0 saturated heterocycles. The second-order valence-corrected chi connectivity index (χ2v) is 5.86. The van der Waals surface area contributed by atoms with Gasteiger partial charge in [0.15, 0.2) is 5.75 Å². The number of rotatable bonds is 2. The number of ether oxygens (including phenoxy) is 1. The zero-order valence-electron chi connectivity index (χ0n) is 11.0. The van der Waals surface area contributed by atoms with Gasteiger partial charge in [0, 0.05) is 18.9 Å². The summed E-state index contributed by atoms with van der Waals surface area (Å²) in [7, 11) is 1.89. The van der Waals surface area contributed by atoms with E-state index < -0.39 is 0 Å². The third kappa shape index (κ3) is 1.92. The van der Waals surface area contributed by atoms with Crippen LogP contribution in [0.2, 0.25) is 0 Å². The van der Waals surface area contributed by atoms with Crippen molar-refractivity contribution in [3.8, 4) is 5.75 Å². The second kappa shape index (κ2) is 4.57. The van der Waals surface area contributed by atoms with E-state index in [-0.39, 0.29) is 17.6 Å². The summed E-state index contributed by atoms with van der Waals surface area (Å²) in [4.78, 5) is 0. The van der Waals surface area contributed by atoms with Crippen molar-refractivity contribution in [2.45, 2.75) is 57.2 Å². The van der Waals surface area contributed by atoms with Crippen molar-refractivity contribution >= 4 is 0 Å². The Kier molecular flexibility index (Phi) is 3.06. The summed E-state index contributed by atoms with van der Waals surface area (Å²) in [5, 5.41) is 14.3. The minimum atomic E-state index is -0.169. The van der Waals surface area contributed by atoms with Gasteiger partial charge in [-0.2, -0.15) is 5.10 Å². The molecule has 0 aliphatic heterocycles. The van der Waals surface area contributed by atoms with Gasteiger partial charge in [0.1, 0.15) is 6.10 Å². The topological polar surface area (TPSA) is 47.3 Å². The average molecular weight is 250 g/mol. The number of aliphatic hydroxyl groups excluding tert-OH is 1. The number of nitrogens with zero attached hydrogens (tertiary/aromatic N) is 2. The maximum absolute atomic E-state index is 10.2. The summed E-state index contributed by atoms with van der Waals surface area (Å²) >= 11 is 0. The predicted molar refractivity (Wildman–Crippen MR) is 68.4 cm³/mol. The van der Waals surface area contributed by atoms with Gasteiger partial charge in [0.2, 0.25) is 0 Å². The van der Waals surface area contributed by atoms with E-state index in [1.807, 2.05) is 13.2 Å². The molecule has 0 aromatic carbocycles. The first-order valence-electron chi connectivity index (χ1n) is 7.04. The molecule has 2 fully saturated rings. The van der Waals surface area contributed by atoms with E-state index in [0.29, 0.717) is 0 Å². The summed E-state index contributed by atoms with van der Waals surface area (Å²) in [6.07, 6.45) is 11.7. The SMILES string of the molecule is Cn1cc(OC2CC(O)C23CCCCCC3)cn1. The minimum Gasteiger partial charge on any atom is -0.486 e. The van der Waals surface area contributed by atoms with E-state index in [0.717, 1.165) is 25.0 Å². The van der Waals surface area contributed by atoms with E-state index in [9.17, 15) is 5.11 Å². The number of aryl methyl sites for hydroxylation is 1. The van der Waals surface area contributed by atoms with E-state index >= 15 is 0 Å².